The van der Waals surface area contributed by atoms with Crippen LogP contribution in [-0.4, -0.2) is 74.3 Å². The molecule has 0 aliphatic carbocycles. The van der Waals surface area contributed by atoms with Crippen LogP contribution in [0.25, 0.3) is 0 Å². The van der Waals surface area contributed by atoms with Gasteiger partial charge in [-0.3, -0.25) is 9.69 Å². The van der Waals surface area contributed by atoms with Crippen LogP contribution in [0.2, 0.25) is 43.8 Å². The zero-order valence-corrected chi connectivity index (χ0v) is 31.2. The Hall–Kier alpha value is -2.97. The molecule has 0 saturated carbocycles. The highest BCUT2D eigenvalue weighted by atomic mass is 28.4. The lowest BCUT2D eigenvalue weighted by Crippen LogP contribution is -2.60. The van der Waals surface area contributed by atoms with Crippen molar-refractivity contribution in [3.63, 3.8) is 0 Å². The van der Waals surface area contributed by atoms with Gasteiger partial charge < -0.3 is 28.7 Å². The Morgan fingerprint density at radius 1 is 1.00 bits per heavy atom. The molecule has 0 bridgehead atoms. The highest BCUT2D eigenvalue weighted by Crippen LogP contribution is 2.46. The van der Waals surface area contributed by atoms with E-state index in [0.717, 1.165) is 6.04 Å². The van der Waals surface area contributed by atoms with Crippen LogP contribution in [0.3, 0.4) is 0 Å². The summed E-state index contributed by atoms with van der Waals surface area (Å²) in [4.78, 5) is 29.5. The van der Waals surface area contributed by atoms with Gasteiger partial charge in [-0.1, -0.05) is 64.7 Å². The predicted molar refractivity (Wildman–Crippen MR) is 189 cm³/mol. The summed E-state index contributed by atoms with van der Waals surface area (Å²) >= 11 is 0. The zero-order valence-electron chi connectivity index (χ0n) is 29.2. The van der Waals surface area contributed by atoms with Crippen LogP contribution in [0.4, 0.5) is 10.5 Å². The van der Waals surface area contributed by atoms with Gasteiger partial charge in [0, 0.05) is 26.3 Å². The lowest BCUT2D eigenvalue weighted by atomic mass is 9.86. The van der Waals surface area contributed by atoms with Crippen molar-refractivity contribution in [1.82, 2.24) is 5.32 Å². The van der Waals surface area contributed by atoms with E-state index in [4.69, 9.17) is 23.4 Å². The summed E-state index contributed by atoms with van der Waals surface area (Å²) in [5.41, 5.74) is 1.86. The number of hydrogen-bond acceptors (Lipinski definition) is 7. The van der Waals surface area contributed by atoms with Gasteiger partial charge in [0.15, 0.2) is 15.1 Å². The number of nitrogens with one attached hydrogen (secondary N) is 1. The SMILES string of the molecule is C=CC[C@H]1[C@H](O[Si](C)(C)C(C)(C)C)[C@@H](NC(=O)c2ccccc2)c2cc(OCOCCOC)ccc2N1C(=O)OCC[Si](C)(C)C. The third-order valence-corrected chi connectivity index (χ3v) is 14.8. The molecule has 9 nitrogen and oxygen atoms in total. The Morgan fingerprint density at radius 2 is 1.70 bits per heavy atom. The van der Waals surface area contributed by atoms with Gasteiger partial charge in [-0.25, -0.2) is 4.79 Å². The van der Waals surface area contributed by atoms with Gasteiger partial charge in [-0.15, -0.1) is 6.58 Å². The molecular weight excluding hydrogens is 617 g/mol. The minimum absolute atomic E-state index is 0.0224. The summed E-state index contributed by atoms with van der Waals surface area (Å²) in [5, 5.41) is 3.15. The fourth-order valence-corrected chi connectivity index (χ4v) is 6.96. The summed E-state index contributed by atoms with van der Waals surface area (Å²) in [5.74, 6) is 0.300. The molecule has 1 N–H and O–H groups in total. The maximum atomic E-state index is 14.0. The summed E-state index contributed by atoms with van der Waals surface area (Å²) in [6.45, 7) is 22.9. The van der Waals surface area contributed by atoms with Gasteiger partial charge in [0.2, 0.25) is 0 Å². The van der Waals surface area contributed by atoms with Crippen LogP contribution in [0.1, 0.15) is 49.2 Å². The molecule has 3 rings (SSSR count). The number of fused-ring (bicyclic) bond motifs is 1. The largest absolute Gasteiger partial charge is 0.468 e. The molecule has 3 atom stereocenters. The lowest BCUT2D eigenvalue weighted by Gasteiger charge is -2.50. The third-order valence-electron chi connectivity index (χ3n) is 8.62. The van der Waals surface area contributed by atoms with Crippen molar-refractivity contribution in [2.75, 3.05) is 38.6 Å². The number of hydrogen-bond donors (Lipinski definition) is 1. The summed E-state index contributed by atoms with van der Waals surface area (Å²) in [6, 6.07) is 14.4. The number of amides is 2. The van der Waals surface area contributed by atoms with Crippen LogP contribution >= 0.6 is 0 Å². The van der Waals surface area contributed by atoms with E-state index in [1.165, 1.54) is 0 Å². The van der Waals surface area contributed by atoms with Crippen LogP contribution < -0.4 is 15.0 Å². The van der Waals surface area contributed by atoms with E-state index in [9.17, 15) is 9.59 Å². The molecule has 46 heavy (non-hydrogen) atoms. The summed E-state index contributed by atoms with van der Waals surface area (Å²) in [6.07, 6.45) is 1.19. The standard InChI is InChI=1S/C35H54N2O7Si2/c1-11-15-30-32(44-46(9,10)35(2,3)4)31(36-33(38)26-16-13-12-14-17-26)28-24-27(43-25-41-21-20-40-5)18-19-29(28)37(30)34(39)42-22-23-45(6,7)8/h11-14,16-19,24,30-32H,1,15,20-23,25H2,2-10H3,(H,36,38)/t30-,31-,32-/m0/s1. The Bertz CT molecular complexity index is 1310. The van der Waals surface area contributed by atoms with Gasteiger partial charge in [-0.2, -0.15) is 0 Å². The van der Waals surface area contributed by atoms with E-state index in [1.54, 1.807) is 36.3 Å². The maximum absolute atomic E-state index is 14.0. The van der Waals surface area contributed by atoms with E-state index in [0.29, 0.717) is 48.8 Å². The average molecular weight is 671 g/mol. The molecule has 2 aromatic rings. The number of carbonyl (C=O) groups is 2. The monoisotopic (exact) mass is 670 g/mol. The lowest BCUT2D eigenvalue weighted by molar-refractivity contribution is -0.00858. The molecule has 0 spiro atoms. The molecule has 1 aliphatic rings. The van der Waals surface area contributed by atoms with Gasteiger partial charge in [0.05, 0.1) is 43.7 Å². The second-order valence-electron chi connectivity index (χ2n) is 14.4. The molecule has 0 aromatic heterocycles. The molecule has 0 radical (unpaired) electrons. The summed E-state index contributed by atoms with van der Waals surface area (Å²) < 4.78 is 29.7. The van der Waals surface area contributed by atoms with E-state index in [2.05, 4.69) is 65.4 Å². The first-order valence-corrected chi connectivity index (χ1v) is 22.6. The van der Waals surface area contributed by atoms with Crippen molar-refractivity contribution in [2.45, 2.75) is 89.2 Å². The maximum Gasteiger partial charge on any atom is 0.414 e. The topological polar surface area (TPSA) is 95.6 Å². The Labute approximate surface area is 277 Å². The van der Waals surface area contributed by atoms with Gasteiger partial charge >= 0.3 is 6.09 Å². The fourth-order valence-electron chi connectivity index (χ4n) is 4.92. The van der Waals surface area contributed by atoms with E-state index in [-0.39, 0.29) is 17.7 Å². The van der Waals surface area contributed by atoms with Crippen molar-refractivity contribution < 1.29 is 33.0 Å². The normalized spacial score (nSPS) is 18.5. The third kappa shape index (κ3) is 10.0. The molecule has 11 heteroatoms. The van der Waals surface area contributed by atoms with Crippen molar-refractivity contribution >= 4 is 34.1 Å². The molecule has 2 aromatic carbocycles. The van der Waals surface area contributed by atoms with E-state index < -0.39 is 40.7 Å². The smallest absolute Gasteiger partial charge is 0.414 e. The molecule has 0 fully saturated rings. The van der Waals surface area contributed by atoms with Crippen LogP contribution in [0.5, 0.6) is 5.75 Å². The molecule has 254 valence electrons. The average Bonchev–Trinajstić information content (AvgIpc) is 2.98. The van der Waals surface area contributed by atoms with Crippen LogP contribution in [0, 0.1) is 0 Å². The quantitative estimate of drug-likeness (QED) is 0.0895. The van der Waals surface area contributed by atoms with Gasteiger partial charge in [-0.05, 0) is 60.9 Å². The first-order valence-electron chi connectivity index (χ1n) is 16.0. The van der Waals surface area contributed by atoms with Crippen LogP contribution in [0.15, 0.2) is 61.2 Å². The Balaban J connectivity index is 2.16. The van der Waals surface area contributed by atoms with Crippen molar-refractivity contribution in [3.05, 3.63) is 72.3 Å². The minimum atomic E-state index is -2.44. The highest BCUT2D eigenvalue weighted by molar-refractivity contribution is 6.76. The molecule has 2 amide bonds. The first-order chi connectivity index (χ1) is 21.6. The first kappa shape index (κ1) is 37.5. The predicted octanol–water partition coefficient (Wildman–Crippen LogP) is 7.79. The number of rotatable bonds is 15. The number of benzene rings is 2. The van der Waals surface area contributed by atoms with E-state index >= 15 is 0 Å². The molecular formula is C35H54N2O7Si2. The van der Waals surface area contributed by atoms with E-state index in [1.807, 2.05) is 30.3 Å². The molecule has 1 aliphatic heterocycles. The van der Waals surface area contributed by atoms with Gasteiger partial charge in [0.25, 0.3) is 5.91 Å². The second-order valence-corrected chi connectivity index (χ2v) is 24.8. The minimum Gasteiger partial charge on any atom is -0.468 e. The van der Waals surface area contributed by atoms with Gasteiger partial charge in [0.1, 0.15) is 5.75 Å². The van der Waals surface area contributed by atoms with Crippen molar-refractivity contribution in [2.24, 2.45) is 0 Å². The van der Waals surface area contributed by atoms with Crippen LogP contribution in [-0.2, 0) is 18.6 Å². The molecule has 1 heterocycles. The Morgan fingerprint density at radius 3 is 2.30 bits per heavy atom. The number of nitrogens with zero attached hydrogens (tertiary/aromatic N) is 1. The number of methoxy groups -OCH3 is 1. The molecule has 0 unspecified atom stereocenters. The summed E-state index contributed by atoms with van der Waals surface area (Å²) in [7, 11) is -2.28. The highest BCUT2D eigenvalue weighted by Gasteiger charge is 2.50. The fraction of sp³-hybridized carbons (Fsp3) is 0.543. The number of carbonyl (C=O) groups excluding carboxylic acids is 2. The number of ether oxygens (including phenoxy) is 4. The van der Waals surface area contributed by atoms with Crippen molar-refractivity contribution in [3.8, 4) is 5.75 Å². The number of anilines is 1. The molecule has 0 saturated heterocycles. The zero-order chi connectivity index (χ0) is 34.1. The van der Waals surface area contributed by atoms with Crippen molar-refractivity contribution in [1.29, 1.82) is 0 Å². The Kier molecular flexibility index (Phi) is 13.2. The second kappa shape index (κ2) is 16.2.